The van der Waals surface area contributed by atoms with Crippen LogP contribution in [-0.4, -0.2) is 29.9 Å². The van der Waals surface area contributed by atoms with Crippen molar-refractivity contribution >= 4 is 38.5 Å². The molecule has 1 fully saturated rings. The summed E-state index contributed by atoms with van der Waals surface area (Å²) in [5.74, 6) is 0.456. The van der Waals surface area contributed by atoms with E-state index in [1.54, 1.807) is 7.11 Å². The molecule has 0 aliphatic heterocycles. The molecule has 1 heterocycles. The number of ether oxygens (including phenoxy) is 1. The lowest BCUT2D eigenvalue weighted by Gasteiger charge is -2.26. The molecule has 1 aromatic heterocycles. The van der Waals surface area contributed by atoms with Crippen LogP contribution in [0.1, 0.15) is 46.0 Å². The van der Waals surface area contributed by atoms with Gasteiger partial charge in [0.1, 0.15) is 17.3 Å². The van der Waals surface area contributed by atoms with Crippen LogP contribution in [0.15, 0.2) is 18.2 Å². The number of rotatable bonds is 6. The van der Waals surface area contributed by atoms with Crippen molar-refractivity contribution in [1.82, 2.24) is 10.3 Å². The summed E-state index contributed by atoms with van der Waals surface area (Å²) < 4.78 is 6.27. The fourth-order valence-corrected chi connectivity index (χ4v) is 4.38. The van der Waals surface area contributed by atoms with Crippen LogP contribution in [0.3, 0.4) is 0 Å². The highest BCUT2D eigenvalue weighted by Crippen LogP contribution is 2.32. The Kier molecular flexibility index (Phi) is 6.31. The molecule has 7 heteroatoms. The van der Waals surface area contributed by atoms with E-state index in [4.69, 9.17) is 4.74 Å². The predicted octanol–water partition coefficient (Wildman–Crippen LogP) is 3.96. The molecule has 1 aliphatic rings. The summed E-state index contributed by atoms with van der Waals surface area (Å²) in [4.78, 5) is 29.9. The van der Waals surface area contributed by atoms with Crippen molar-refractivity contribution < 1.29 is 14.3 Å². The lowest BCUT2D eigenvalue weighted by atomic mass is 9.88. The van der Waals surface area contributed by atoms with E-state index < -0.39 is 6.04 Å². The third-order valence-electron chi connectivity index (χ3n) is 5.05. The summed E-state index contributed by atoms with van der Waals surface area (Å²) >= 11 is 1.40. The Labute approximate surface area is 163 Å². The zero-order valence-electron chi connectivity index (χ0n) is 16.1. The fourth-order valence-electron chi connectivity index (χ4n) is 3.50. The number of carbonyl (C=O) groups is 2. The normalized spacial score (nSPS) is 16.3. The van der Waals surface area contributed by atoms with Gasteiger partial charge in [0.05, 0.1) is 11.8 Å². The number of aromatic nitrogens is 1. The molecule has 0 bridgehead atoms. The maximum absolute atomic E-state index is 12.8. The van der Waals surface area contributed by atoms with Gasteiger partial charge < -0.3 is 15.4 Å². The van der Waals surface area contributed by atoms with Crippen LogP contribution in [0.2, 0.25) is 0 Å². The van der Waals surface area contributed by atoms with E-state index in [1.165, 1.54) is 17.8 Å². The molecule has 2 aromatic rings. The summed E-state index contributed by atoms with van der Waals surface area (Å²) in [6, 6.07) is 5.10. The number of hydrogen-bond donors (Lipinski definition) is 2. The minimum atomic E-state index is -0.576. The Morgan fingerprint density at radius 3 is 2.63 bits per heavy atom. The van der Waals surface area contributed by atoms with Crippen molar-refractivity contribution in [2.24, 2.45) is 11.8 Å². The summed E-state index contributed by atoms with van der Waals surface area (Å²) in [6.07, 6.45) is 5.19. The van der Waals surface area contributed by atoms with Gasteiger partial charge in [-0.25, -0.2) is 4.98 Å². The Bertz CT molecular complexity index is 812. The smallest absolute Gasteiger partial charge is 0.248 e. The summed E-state index contributed by atoms with van der Waals surface area (Å²) in [5, 5.41) is 6.35. The van der Waals surface area contributed by atoms with Crippen LogP contribution >= 0.6 is 11.3 Å². The Hall–Kier alpha value is -2.15. The number of anilines is 1. The van der Waals surface area contributed by atoms with Crippen LogP contribution in [-0.2, 0) is 9.59 Å². The van der Waals surface area contributed by atoms with Crippen molar-refractivity contribution in [1.29, 1.82) is 0 Å². The number of benzene rings is 1. The average molecular weight is 390 g/mol. The van der Waals surface area contributed by atoms with Crippen LogP contribution in [0.5, 0.6) is 5.75 Å². The van der Waals surface area contributed by atoms with Gasteiger partial charge in [-0.15, -0.1) is 0 Å². The van der Waals surface area contributed by atoms with Crippen LogP contribution in [0.4, 0.5) is 5.13 Å². The second-order valence-corrected chi connectivity index (χ2v) is 8.41. The van der Waals surface area contributed by atoms with Gasteiger partial charge in [-0.2, -0.15) is 0 Å². The second kappa shape index (κ2) is 8.69. The van der Waals surface area contributed by atoms with Crippen LogP contribution in [0.25, 0.3) is 10.2 Å². The van der Waals surface area contributed by atoms with E-state index in [1.807, 2.05) is 32.0 Å². The maximum Gasteiger partial charge on any atom is 0.248 e. The first-order chi connectivity index (χ1) is 13.0. The topological polar surface area (TPSA) is 80.3 Å². The largest absolute Gasteiger partial charge is 0.494 e. The first-order valence-corrected chi connectivity index (χ1v) is 10.4. The summed E-state index contributed by atoms with van der Waals surface area (Å²) in [5.41, 5.74) is 0.729. The number of nitrogens with one attached hydrogen (secondary N) is 2. The van der Waals surface area contributed by atoms with E-state index in [2.05, 4.69) is 15.6 Å². The minimum Gasteiger partial charge on any atom is -0.494 e. The predicted molar refractivity (Wildman–Crippen MR) is 108 cm³/mol. The van der Waals surface area contributed by atoms with E-state index in [9.17, 15) is 9.59 Å². The third kappa shape index (κ3) is 4.58. The molecule has 1 unspecified atom stereocenters. The van der Waals surface area contributed by atoms with E-state index in [-0.39, 0.29) is 23.7 Å². The van der Waals surface area contributed by atoms with Gasteiger partial charge in [0.15, 0.2) is 5.13 Å². The highest BCUT2D eigenvalue weighted by atomic mass is 32.1. The third-order valence-corrected chi connectivity index (χ3v) is 5.99. The lowest BCUT2D eigenvalue weighted by molar-refractivity contribution is -0.130. The van der Waals surface area contributed by atoms with Gasteiger partial charge in [-0.3, -0.25) is 9.59 Å². The number of hydrogen-bond acceptors (Lipinski definition) is 5. The fraction of sp³-hybridized carbons (Fsp3) is 0.550. The maximum atomic E-state index is 12.8. The molecule has 2 amide bonds. The van der Waals surface area contributed by atoms with Crippen molar-refractivity contribution in [3.8, 4) is 5.75 Å². The molecule has 146 valence electrons. The molecule has 1 aromatic carbocycles. The van der Waals surface area contributed by atoms with Gasteiger partial charge in [0.25, 0.3) is 0 Å². The first-order valence-electron chi connectivity index (χ1n) is 9.54. The molecule has 0 radical (unpaired) electrons. The standard InChI is InChI=1S/C20H27N3O3S/c1-12(2)16(21-18(24)13-8-5-4-6-9-13)19(25)23-20-22-17-14(26-3)10-7-11-15(17)27-20/h7,10-13,16H,4-6,8-9H2,1-3H3,(H,21,24)(H,22,23,25). The van der Waals surface area contributed by atoms with Crippen molar-refractivity contribution in [3.63, 3.8) is 0 Å². The van der Waals surface area contributed by atoms with E-state index in [0.29, 0.717) is 10.9 Å². The number of methoxy groups -OCH3 is 1. The van der Waals surface area contributed by atoms with E-state index >= 15 is 0 Å². The number of carbonyl (C=O) groups excluding carboxylic acids is 2. The zero-order chi connectivity index (χ0) is 19.4. The lowest BCUT2D eigenvalue weighted by Crippen LogP contribution is -2.49. The average Bonchev–Trinajstić information content (AvgIpc) is 3.08. The highest BCUT2D eigenvalue weighted by Gasteiger charge is 2.29. The van der Waals surface area contributed by atoms with Crippen molar-refractivity contribution in [2.45, 2.75) is 52.0 Å². The number of nitrogens with zero attached hydrogens (tertiary/aromatic N) is 1. The van der Waals surface area contributed by atoms with Gasteiger partial charge in [0, 0.05) is 5.92 Å². The molecule has 3 rings (SSSR count). The molecule has 6 nitrogen and oxygen atoms in total. The van der Waals surface area contributed by atoms with E-state index in [0.717, 1.165) is 35.9 Å². The molecule has 0 spiro atoms. The van der Waals surface area contributed by atoms with Crippen molar-refractivity contribution in [3.05, 3.63) is 18.2 Å². The SMILES string of the molecule is COc1cccc2sc(NC(=O)C(NC(=O)C3CCCCC3)C(C)C)nc12. The molecule has 0 saturated heterocycles. The van der Waals surface area contributed by atoms with Gasteiger partial charge in [-0.05, 0) is 30.9 Å². The second-order valence-electron chi connectivity index (χ2n) is 7.38. The van der Waals surface area contributed by atoms with Gasteiger partial charge in [0.2, 0.25) is 11.8 Å². The Morgan fingerprint density at radius 1 is 1.22 bits per heavy atom. The van der Waals surface area contributed by atoms with Crippen LogP contribution in [0, 0.1) is 11.8 Å². The molecular formula is C20H27N3O3S. The molecule has 2 N–H and O–H groups in total. The number of fused-ring (bicyclic) bond motifs is 1. The Morgan fingerprint density at radius 2 is 1.96 bits per heavy atom. The zero-order valence-corrected chi connectivity index (χ0v) is 16.9. The number of amides is 2. The highest BCUT2D eigenvalue weighted by molar-refractivity contribution is 7.22. The van der Waals surface area contributed by atoms with Gasteiger partial charge in [-0.1, -0.05) is 50.5 Å². The molecule has 1 saturated carbocycles. The van der Waals surface area contributed by atoms with Crippen molar-refractivity contribution in [2.75, 3.05) is 12.4 Å². The molecule has 27 heavy (non-hydrogen) atoms. The quantitative estimate of drug-likeness (QED) is 0.783. The summed E-state index contributed by atoms with van der Waals surface area (Å²) in [6.45, 7) is 3.87. The molecule has 1 atom stereocenters. The molecular weight excluding hydrogens is 362 g/mol. The van der Waals surface area contributed by atoms with Gasteiger partial charge >= 0.3 is 0 Å². The summed E-state index contributed by atoms with van der Waals surface area (Å²) in [7, 11) is 1.60. The number of para-hydroxylation sites is 1. The monoisotopic (exact) mass is 389 g/mol. The minimum absolute atomic E-state index is 0.00507. The van der Waals surface area contributed by atoms with Crippen LogP contribution < -0.4 is 15.4 Å². The Balaban J connectivity index is 1.70. The molecule has 1 aliphatic carbocycles. The number of thiazole rings is 1. The first kappa shape index (κ1) is 19.6.